The van der Waals surface area contributed by atoms with Crippen LogP contribution < -0.4 is 10.6 Å². The molecule has 2 aliphatic carbocycles. The van der Waals surface area contributed by atoms with E-state index in [4.69, 9.17) is 5.11 Å². The van der Waals surface area contributed by atoms with Crippen molar-refractivity contribution in [2.24, 2.45) is 11.3 Å². The van der Waals surface area contributed by atoms with Crippen molar-refractivity contribution in [3.63, 3.8) is 0 Å². The maximum absolute atomic E-state index is 12.9. The number of anilines is 2. The number of hydrogen-bond acceptors (Lipinski definition) is 4. The largest absolute Gasteiger partial charge is 0.396 e. The molecule has 28 heavy (non-hydrogen) atoms. The van der Waals surface area contributed by atoms with Gasteiger partial charge in [0.2, 0.25) is 5.91 Å². The molecule has 0 spiro atoms. The molecule has 0 saturated heterocycles. The highest BCUT2D eigenvalue weighted by atomic mass is 16.3. The molecule has 3 N–H and O–H groups in total. The minimum absolute atomic E-state index is 0.139. The summed E-state index contributed by atoms with van der Waals surface area (Å²) in [7, 11) is 0. The van der Waals surface area contributed by atoms with Crippen molar-refractivity contribution in [1.29, 1.82) is 0 Å². The summed E-state index contributed by atoms with van der Waals surface area (Å²) >= 11 is 0. The molecule has 150 valence electrons. The number of nitrogens with one attached hydrogen (secondary N) is 2. The van der Waals surface area contributed by atoms with Crippen LogP contribution in [0, 0.1) is 11.3 Å². The van der Waals surface area contributed by atoms with Crippen LogP contribution in [-0.2, 0) is 4.79 Å². The Morgan fingerprint density at radius 1 is 1.18 bits per heavy atom. The van der Waals surface area contributed by atoms with Gasteiger partial charge in [-0.1, -0.05) is 31.7 Å². The van der Waals surface area contributed by atoms with Crippen LogP contribution in [0.5, 0.6) is 0 Å². The molecule has 1 aromatic carbocycles. The summed E-state index contributed by atoms with van der Waals surface area (Å²) < 4.78 is 0. The summed E-state index contributed by atoms with van der Waals surface area (Å²) in [6.45, 7) is 0.855. The van der Waals surface area contributed by atoms with Gasteiger partial charge in [-0.25, -0.2) is 4.98 Å². The van der Waals surface area contributed by atoms with E-state index < -0.39 is 0 Å². The van der Waals surface area contributed by atoms with Gasteiger partial charge in [-0.2, -0.15) is 0 Å². The zero-order valence-corrected chi connectivity index (χ0v) is 16.5. The molecule has 0 radical (unpaired) electrons. The standard InChI is InChI=1S/C23H31N3O2/c27-14-4-13-24-21-10-9-18-19(25-21)7-1-8-20(18)26-22(28)16-23-11-2-5-17(15-23)6-3-12-23/h1,7-10,17,27H,2-6,11-16H2,(H,24,25)(H,26,28). The number of pyridine rings is 1. The maximum Gasteiger partial charge on any atom is 0.224 e. The number of benzene rings is 1. The second-order valence-electron chi connectivity index (χ2n) is 8.65. The number of aliphatic hydroxyl groups is 1. The van der Waals surface area contributed by atoms with Crippen LogP contribution in [0.1, 0.15) is 57.8 Å². The Bertz CT molecular complexity index is 826. The molecule has 2 aliphatic rings. The van der Waals surface area contributed by atoms with Gasteiger partial charge in [0.25, 0.3) is 0 Å². The lowest BCUT2D eigenvalue weighted by Crippen LogP contribution is -2.36. The van der Waals surface area contributed by atoms with Crippen molar-refractivity contribution in [3.05, 3.63) is 30.3 Å². The third-order valence-electron chi connectivity index (χ3n) is 6.54. The SMILES string of the molecule is O=C(CC12CCCC(CCC1)C2)Nc1cccc2nc(NCCCO)ccc12. The van der Waals surface area contributed by atoms with Crippen LogP contribution in [0.25, 0.3) is 10.9 Å². The number of aromatic nitrogens is 1. The van der Waals surface area contributed by atoms with Gasteiger partial charge in [0.15, 0.2) is 0 Å². The van der Waals surface area contributed by atoms with E-state index in [-0.39, 0.29) is 17.9 Å². The fourth-order valence-electron chi connectivity index (χ4n) is 5.26. The Labute approximate surface area is 166 Å². The van der Waals surface area contributed by atoms with Crippen LogP contribution in [0.15, 0.2) is 30.3 Å². The predicted octanol–water partition coefficient (Wildman–Crippen LogP) is 4.72. The predicted molar refractivity (Wildman–Crippen MR) is 113 cm³/mol. The molecule has 4 rings (SSSR count). The molecule has 2 bridgehead atoms. The number of hydrogen-bond donors (Lipinski definition) is 3. The molecule has 1 heterocycles. The van der Waals surface area contributed by atoms with Crippen molar-refractivity contribution in [2.45, 2.75) is 57.8 Å². The first-order valence-electron chi connectivity index (χ1n) is 10.7. The number of nitrogens with zero attached hydrogens (tertiary/aromatic N) is 1. The molecule has 2 fully saturated rings. The Morgan fingerprint density at radius 3 is 2.79 bits per heavy atom. The number of fused-ring (bicyclic) bond motifs is 3. The topological polar surface area (TPSA) is 74.2 Å². The van der Waals surface area contributed by atoms with E-state index in [2.05, 4.69) is 15.6 Å². The van der Waals surface area contributed by atoms with Crippen molar-refractivity contribution in [1.82, 2.24) is 4.98 Å². The molecular formula is C23H31N3O2. The molecule has 5 nitrogen and oxygen atoms in total. The second kappa shape index (κ2) is 8.48. The van der Waals surface area contributed by atoms with Gasteiger partial charge in [0.05, 0.1) is 11.2 Å². The minimum Gasteiger partial charge on any atom is -0.396 e. The van der Waals surface area contributed by atoms with Crippen LogP contribution >= 0.6 is 0 Å². The van der Waals surface area contributed by atoms with Crippen LogP contribution in [0.2, 0.25) is 0 Å². The molecule has 1 aromatic heterocycles. The summed E-state index contributed by atoms with van der Waals surface area (Å²) in [6, 6.07) is 9.81. The fraction of sp³-hybridized carbons (Fsp3) is 0.565. The van der Waals surface area contributed by atoms with Crippen LogP contribution in [0.4, 0.5) is 11.5 Å². The number of aliphatic hydroxyl groups excluding tert-OH is 1. The summed E-state index contributed by atoms with van der Waals surface area (Å²) in [4.78, 5) is 17.5. The zero-order chi connectivity index (χ0) is 19.4. The zero-order valence-electron chi connectivity index (χ0n) is 16.5. The quantitative estimate of drug-likeness (QED) is 0.607. The normalized spacial score (nSPS) is 24.1. The maximum atomic E-state index is 12.9. The third-order valence-corrected chi connectivity index (χ3v) is 6.54. The number of amides is 1. The number of rotatable bonds is 7. The van der Waals surface area contributed by atoms with Gasteiger partial charge in [-0.05, 0) is 61.3 Å². The first-order valence-corrected chi connectivity index (χ1v) is 10.7. The van der Waals surface area contributed by atoms with E-state index in [9.17, 15) is 4.79 Å². The molecule has 0 unspecified atom stereocenters. The Balaban J connectivity index is 1.45. The summed E-state index contributed by atoms with van der Waals surface area (Å²) in [5.74, 6) is 1.77. The Hall–Kier alpha value is -2.14. The van der Waals surface area contributed by atoms with E-state index in [0.717, 1.165) is 28.3 Å². The smallest absolute Gasteiger partial charge is 0.224 e. The lowest BCUT2D eigenvalue weighted by molar-refractivity contribution is -0.120. The first-order chi connectivity index (χ1) is 13.7. The van der Waals surface area contributed by atoms with E-state index in [1.54, 1.807) is 0 Å². The van der Waals surface area contributed by atoms with Gasteiger partial charge in [0.1, 0.15) is 5.82 Å². The highest BCUT2D eigenvalue weighted by Gasteiger charge is 2.40. The van der Waals surface area contributed by atoms with E-state index >= 15 is 0 Å². The number of carbonyl (C=O) groups excluding carboxylic acids is 1. The van der Waals surface area contributed by atoms with Gasteiger partial charge in [-0.3, -0.25) is 4.79 Å². The highest BCUT2D eigenvalue weighted by Crippen LogP contribution is 2.51. The third kappa shape index (κ3) is 4.30. The van der Waals surface area contributed by atoms with Gasteiger partial charge in [-0.15, -0.1) is 0 Å². The molecule has 2 saturated carbocycles. The van der Waals surface area contributed by atoms with Gasteiger partial charge >= 0.3 is 0 Å². The van der Waals surface area contributed by atoms with Gasteiger partial charge in [0, 0.05) is 25.0 Å². The monoisotopic (exact) mass is 381 g/mol. The van der Waals surface area contributed by atoms with E-state index in [1.165, 1.54) is 44.9 Å². The molecule has 0 aliphatic heterocycles. The Morgan fingerprint density at radius 2 is 2.00 bits per heavy atom. The van der Waals surface area contributed by atoms with Crippen molar-refractivity contribution >= 4 is 28.3 Å². The average Bonchev–Trinajstić information content (AvgIpc) is 2.68. The molecule has 1 amide bonds. The number of carbonyl (C=O) groups is 1. The Kier molecular flexibility index (Phi) is 5.81. The molecular weight excluding hydrogens is 350 g/mol. The van der Waals surface area contributed by atoms with Crippen LogP contribution in [0.3, 0.4) is 0 Å². The molecule has 5 heteroatoms. The lowest BCUT2D eigenvalue weighted by atomic mass is 9.60. The van der Waals surface area contributed by atoms with E-state index in [1.807, 2.05) is 30.3 Å². The average molecular weight is 382 g/mol. The molecule has 2 aromatic rings. The fourth-order valence-corrected chi connectivity index (χ4v) is 5.26. The summed E-state index contributed by atoms with van der Waals surface area (Å²) in [6.07, 6.45) is 10.3. The first kappa shape index (κ1) is 19.2. The van der Waals surface area contributed by atoms with E-state index in [0.29, 0.717) is 19.4 Å². The van der Waals surface area contributed by atoms with Crippen molar-refractivity contribution in [3.8, 4) is 0 Å². The lowest BCUT2D eigenvalue weighted by Gasteiger charge is -2.45. The summed E-state index contributed by atoms with van der Waals surface area (Å²) in [5.41, 5.74) is 1.94. The van der Waals surface area contributed by atoms with Crippen molar-refractivity contribution < 1.29 is 9.90 Å². The minimum atomic E-state index is 0.139. The summed E-state index contributed by atoms with van der Waals surface area (Å²) in [5, 5.41) is 16.3. The van der Waals surface area contributed by atoms with Crippen molar-refractivity contribution in [2.75, 3.05) is 23.8 Å². The highest BCUT2D eigenvalue weighted by molar-refractivity contribution is 6.01. The van der Waals surface area contributed by atoms with Crippen LogP contribution in [-0.4, -0.2) is 29.1 Å². The second-order valence-corrected chi connectivity index (χ2v) is 8.65. The van der Waals surface area contributed by atoms with Gasteiger partial charge < -0.3 is 15.7 Å². The molecule has 0 atom stereocenters.